The summed E-state index contributed by atoms with van der Waals surface area (Å²) in [5, 5.41) is 2.81. The molecule has 0 saturated carbocycles. The maximum absolute atomic E-state index is 11.9. The normalized spacial score (nSPS) is 16.4. The van der Waals surface area contributed by atoms with E-state index in [1.165, 1.54) is 6.33 Å². The van der Waals surface area contributed by atoms with Crippen molar-refractivity contribution in [2.75, 3.05) is 49.7 Å². The van der Waals surface area contributed by atoms with Crippen molar-refractivity contribution in [1.82, 2.24) is 24.4 Å². The van der Waals surface area contributed by atoms with Gasteiger partial charge in [-0.1, -0.05) is 6.07 Å². The summed E-state index contributed by atoms with van der Waals surface area (Å²) in [7, 11) is 4.12. The summed E-state index contributed by atoms with van der Waals surface area (Å²) >= 11 is 0. The molecule has 5 rings (SSSR count). The molecule has 1 saturated heterocycles. The Hall–Kier alpha value is -3.58. The maximum atomic E-state index is 11.9. The number of hydrogen-bond acceptors (Lipinski definition) is 10. The molecule has 12 nitrogen and oxygen atoms in total. The van der Waals surface area contributed by atoms with Crippen molar-refractivity contribution in [3.8, 4) is 11.3 Å². The minimum atomic E-state index is -1.54. The number of hydrogen-bond donors (Lipinski definition) is 5. The standard InChI is InChI=1S/C25H35N11O/c1-34(2)9-10-36-13-20(16-3-4-19(26)18(11-16)25(27,28)29)32-23(36)15-5-7-35(8-6-15)24-17-12-21(37)33-22(17)30-14-31-24/h3-4,11,13-15H,5-10,12,26-29H2,1-2H3,(H,30,31,33,37). The third-order valence-corrected chi connectivity index (χ3v) is 7.09. The first-order chi connectivity index (χ1) is 17.6. The molecule has 3 aromatic rings. The van der Waals surface area contributed by atoms with Crippen molar-refractivity contribution in [2.24, 2.45) is 17.2 Å². The highest BCUT2D eigenvalue weighted by Crippen LogP contribution is 2.35. The van der Waals surface area contributed by atoms with Gasteiger partial charge in [-0.2, -0.15) is 0 Å². The first-order valence-electron chi connectivity index (χ1n) is 12.5. The van der Waals surface area contributed by atoms with Crippen molar-refractivity contribution in [1.29, 1.82) is 0 Å². The van der Waals surface area contributed by atoms with Gasteiger partial charge in [0.15, 0.2) is 0 Å². The number of fused-ring (bicyclic) bond motifs is 1. The van der Waals surface area contributed by atoms with E-state index in [0.717, 1.165) is 67.5 Å². The topological polar surface area (TPSA) is 183 Å². The molecule has 12 heteroatoms. The van der Waals surface area contributed by atoms with Crippen LogP contribution in [0.5, 0.6) is 0 Å². The van der Waals surface area contributed by atoms with Crippen molar-refractivity contribution >= 4 is 23.2 Å². The zero-order valence-electron chi connectivity index (χ0n) is 21.3. The number of piperidine rings is 1. The molecule has 0 spiro atoms. The Morgan fingerprint density at radius 1 is 1.16 bits per heavy atom. The number of anilines is 3. The summed E-state index contributed by atoms with van der Waals surface area (Å²) in [6.45, 7) is 3.35. The quantitative estimate of drug-likeness (QED) is 0.222. The van der Waals surface area contributed by atoms with Gasteiger partial charge < -0.3 is 25.4 Å². The van der Waals surface area contributed by atoms with E-state index in [9.17, 15) is 4.79 Å². The first kappa shape index (κ1) is 25.1. The predicted octanol–water partition coefficient (Wildman–Crippen LogP) is 0.349. The summed E-state index contributed by atoms with van der Waals surface area (Å²) in [5.41, 5.74) is 27.4. The summed E-state index contributed by atoms with van der Waals surface area (Å²) in [5.74, 6) is 1.24. The van der Waals surface area contributed by atoms with Crippen LogP contribution >= 0.6 is 0 Å². The minimum Gasteiger partial charge on any atom is -0.398 e. The maximum Gasteiger partial charge on any atom is 0.230 e. The molecular weight excluding hydrogens is 470 g/mol. The fraction of sp³-hybridized carbons (Fsp3) is 0.440. The van der Waals surface area contributed by atoms with Crippen molar-refractivity contribution in [3.63, 3.8) is 0 Å². The third kappa shape index (κ3) is 5.14. The number of likely N-dealkylation sites (N-methyl/N-ethyl adjacent to an activating group) is 1. The molecule has 2 aromatic heterocycles. The Labute approximate surface area is 216 Å². The molecule has 9 N–H and O–H groups in total. The van der Waals surface area contributed by atoms with Crippen LogP contribution in [-0.2, 0) is 23.5 Å². The van der Waals surface area contributed by atoms with Crippen LogP contribution in [0.2, 0.25) is 0 Å². The van der Waals surface area contributed by atoms with Crippen LogP contribution in [0.4, 0.5) is 17.3 Å². The van der Waals surface area contributed by atoms with Gasteiger partial charge in [-0.05, 0) is 39.1 Å². The molecule has 0 atom stereocenters. The van der Waals surface area contributed by atoms with E-state index in [1.807, 2.05) is 12.1 Å². The number of rotatable bonds is 7. The molecule has 1 amide bonds. The average molecular weight is 506 g/mol. The molecule has 1 aromatic carbocycles. The first-order valence-corrected chi connectivity index (χ1v) is 12.5. The monoisotopic (exact) mass is 505 g/mol. The molecule has 37 heavy (non-hydrogen) atoms. The Balaban J connectivity index is 1.40. The van der Waals surface area contributed by atoms with Crippen LogP contribution in [-0.4, -0.2) is 64.1 Å². The van der Waals surface area contributed by atoms with Crippen molar-refractivity contribution in [2.45, 2.75) is 37.5 Å². The van der Waals surface area contributed by atoms with Gasteiger partial charge in [0.1, 0.15) is 29.6 Å². The average Bonchev–Trinajstić information content (AvgIpc) is 3.45. The molecule has 2 aliphatic rings. The van der Waals surface area contributed by atoms with Gasteiger partial charge in [-0.15, -0.1) is 0 Å². The number of carbonyl (C=O) groups excluding carboxylic acids is 1. The fourth-order valence-corrected chi connectivity index (χ4v) is 5.10. The Kier molecular flexibility index (Phi) is 6.58. The number of aromatic nitrogens is 4. The van der Waals surface area contributed by atoms with Crippen LogP contribution in [0.1, 0.15) is 35.7 Å². The highest BCUT2D eigenvalue weighted by Gasteiger charge is 2.30. The van der Waals surface area contributed by atoms with Crippen molar-refractivity contribution < 1.29 is 4.79 Å². The summed E-state index contributed by atoms with van der Waals surface area (Å²) in [4.78, 5) is 30.1. The van der Waals surface area contributed by atoms with E-state index >= 15 is 0 Å². The van der Waals surface area contributed by atoms with Gasteiger partial charge in [0.25, 0.3) is 0 Å². The number of imidazole rings is 1. The predicted molar refractivity (Wildman–Crippen MR) is 143 cm³/mol. The second-order valence-corrected chi connectivity index (χ2v) is 10.2. The van der Waals surface area contributed by atoms with Gasteiger partial charge in [-0.25, -0.2) is 15.0 Å². The Morgan fingerprint density at radius 3 is 2.62 bits per heavy atom. The number of nitrogens with two attached hydrogens (primary N) is 4. The van der Waals surface area contributed by atoms with Gasteiger partial charge in [-0.3, -0.25) is 22.0 Å². The number of nitrogens with zero attached hydrogens (tertiary/aromatic N) is 6. The second-order valence-electron chi connectivity index (χ2n) is 10.2. The SMILES string of the molecule is CN(C)CCn1cc(-c2ccc(N)c(C(N)(N)N)c2)nc1C1CCN(c2ncnc3c2CC(=O)N3)CC1. The molecule has 4 heterocycles. The second kappa shape index (κ2) is 9.71. The van der Waals surface area contributed by atoms with Crippen molar-refractivity contribution in [3.05, 3.63) is 47.7 Å². The lowest BCUT2D eigenvalue weighted by Crippen LogP contribution is -2.54. The van der Waals surface area contributed by atoms with Gasteiger partial charge >= 0.3 is 0 Å². The number of nitrogens with one attached hydrogen (secondary N) is 1. The van der Waals surface area contributed by atoms with E-state index < -0.39 is 5.79 Å². The summed E-state index contributed by atoms with van der Waals surface area (Å²) < 4.78 is 2.25. The summed E-state index contributed by atoms with van der Waals surface area (Å²) in [6, 6.07) is 5.51. The van der Waals surface area contributed by atoms with Crippen LogP contribution in [0.15, 0.2) is 30.7 Å². The van der Waals surface area contributed by atoms with Crippen LogP contribution in [0, 0.1) is 0 Å². The van der Waals surface area contributed by atoms with Crippen LogP contribution < -0.4 is 33.2 Å². The Morgan fingerprint density at radius 2 is 1.92 bits per heavy atom. The number of nitrogen functional groups attached to an aromatic ring is 1. The molecule has 0 bridgehead atoms. The number of carbonyl (C=O) groups is 1. The fourth-order valence-electron chi connectivity index (χ4n) is 5.10. The molecule has 196 valence electrons. The van der Waals surface area contributed by atoms with E-state index in [2.05, 4.69) is 49.9 Å². The highest BCUT2D eigenvalue weighted by molar-refractivity contribution is 5.99. The van der Waals surface area contributed by atoms with E-state index in [-0.39, 0.29) is 11.8 Å². The van der Waals surface area contributed by atoms with Gasteiger partial charge in [0.05, 0.1) is 12.1 Å². The van der Waals surface area contributed by atoms with E-state index in [4.69, 9.17) is 27.9 Å². The lowest BCUT2D eigenvalue weighted by molar-refractivity contribution is -0.115. The Bertz CT molecular complexity index is 1300. The highest BCUT2D eigenvalue weighted by atomic mass is 16.1. The molecule has 2 aliphatic heterocycles. The molecular formula is C25H35N11O. The summed E-state index contributed by atoms with van der Waals surface area (Å²) in [6.07, 6.45) is 5.77. The van der Waals surface area contributed by atoms with Gasteiger partial charge in [0, 0.05) is 60.7 Å². The number of amides is 1. The molecule has 1 fully saturated rings. The number of benzene rings is 1. The van der Waals surface area contributed by atoms with E-state index in [0.29, 0.717) is 23.5 Å². The third-order valence-electron chi connectivity index (χ3n) is 7.09. The largest absolute Gasteiger partial charge is 0.398 e. The molecule has 0 aliphatic carbocycles. The smallest absolute Gasteiger partial charge is 0.230 e. The minimum absolute atomic E-state index is 0.0379. The zero-order valence-corrected chi connectivity index (χ0v) is 21.3. The molecule has 0 radical (unpaired) electrons. The van der Waals surface area contributed by atoms with Crippen LogP contribution in [0.3, 0.4) is 0 Å². The van der Waals surface area contributed by atoms with Gasteiger partial charge in [0.2, 0.25) is 5.91 Å². The lowest BCUT2D eigenvalue weighted by Gasteiger charge is -2.33. The molecule has 0 unspecified atom stereocenters. The lowest BCUT2D eigenvalue weighted by atomic mass is 9.95. The zero-order chi connectivity index (χ0) is 26.3. The van der Waals surface area contributed by atoms with E-state index in [1.54, 1.807) is 6.07 Å². The van der Waals surface area contributed by atoms with Crippen LogP contribution in [0.25, 0.3) is 11.3 Å².